The first-order valence-electron chi connectivity index (χ1n) is 28.6. The molecule has 462 valence electrons. The molecule has 2 amide bonds. The summed E-state index contributed by atoms with van der Waals surface area (Å²) in [6, 6.07) is 11.0. The number of imidazole rings is 1. The zero-order valence-electron chi connectivity index (χ0n) is 48.3. The summed E-state index contributed by atoms with van der Waals surface area (Å²) in [7, 11) is -2.49. The number of nitrogens with zero attached hydrogens (tertiary/aromatic N) is 9. The number of hydrogen-bond donors (Lipinski definition) is 9. The highest BCUT2D eigenvalue weighted by Gasteiger charge is 2.61. The number of benzene rings is 2. The van der Waals surface area contributed by atoms with Crippen molar-refractivity contribution in [2.75, 3.05) is 35.3 Å². The second-order valence-electron chi connectivity index (χ2n) is 22.4. The van der Waals surface area contributed by atoms with Crippen molar-refractivity contribution in [2.45, 2.75) is 146 Å². The van der Waals surface area contributed by atoms with Crippen LogP contribution in [0.25, 0.3) is 22.3 Å². The number of phenols is 1. The van der Waals surface area contributed by atoms with Gasteiger partial charge in [0.2, 0.25) is 11.9 Å². The lowest BCUT2D eigenvalue weighted by molar-refractivity contribution is -0.158. The zero-order chi connectivity index (χ0) is 62.5. The van der Waals surface area contributed by atoms with E-state index >= 15 is 0 Å². The summed E-state index contributed by atoms with van der Waals surface area (Å²) in [6.45, 7) is 6.09. The van der Waals surface area contributed by atoms with Gasteiger partial charge in [0.05, 0.1) is 31.4 Å². The molecule has 2 aromatic carbocycles. The molecule has 3 aliphatic carbocycles. The number of fused-ring (bicyclic) bond motifs is 8. The summed E-state index contributed by atoms with van der Waals surface area (Å²) in [5.41, 5.74) is 16.0. The number of anilines is 4. The predicted octanol–water partition coefficient (Wildman–Crippen LogP) is 5.57. The molecule has 0 spiro atoms. The molecule has 2 saturated heterocycles. The maximum atomic E-state index is 12.4. The Labute approximate surface area is 499 Å². The van der Waals surface area contributed by atoms with Crippen molar-refractivity contribution >= 4 is 83.1 Å². The summed E-state index contributed by atoms with van der Waals surface area (Å²) in [6.07, 6.45) is 13.4. The number of nitrogens with one attached hydrogen (secondary N) is 2. The van der Waals surface area contributed by atoms with Crippen LogP contribution in [0.15, 0.2) is 61.3 Å². The maximum absolute atomic E-state index is 12.4. The number of aromatic hydroxyl groups is 1. The molecule has 6 aromatic rings. The Morgan fingerprint density at radius 1 is 0.966 bits per heavy atom. The lowest BCUT2D eigenvalue weighted by atomic mass is 9.53. The number of nitrogen functional groups attached to an aromatic ring is 2. The molecule has 1 unspecified atom stereocenters. The van der Waals surface area contributed by atoms with Gasteiger partial charge in [-0.05, 0) is 123 Å². The average molecular weight is 1220 g/mol. The third kappa shape index (κ3) is 13.7. The van der Waals surface area contributed by atoms with Crippen molar-refractivity contribution in [1.82, 2.24) is 44.8 Å². The maximum Gasteiger partial charge on any atom is 0.472 e. The number of aromatic nitrogens is 8. The molecule has 2 saturated carbocycles. The molecule has 6 heterocycles. The standard InChI is InChI=1S/C20H22N8O5.C20H24O2.C18H24N5O8P/c1-28(9-11-8-23-17-15(24-11)16(21)26-20(22)27-17)12-4-2-10(3-5-12)18(31)25-13(19(32)33)6-7-14(29)30;1-3-20(22)11-9-18-17-6-4-13-12-14(21)5-7-15(13)16(17)8-10-19(18,20)2;1-3-5-11(24)22-16-13-17(20-8-19-16)23(9-21-13)18-15(30-12(25)6-4-2)14-10(29-18)7-28-32(26,27)31-14/h2-5,8,13H,6-7,9H2,1H3,(H,25,31)(H,29,30)(H,32,33)(H4,21,22,23,26,27);1,5,7,12,16-18,21-22H,4,6,8-11H2,2H3;8-10,14-15,18H,3-7H2,1-2H3,(H,26,27)(H,19,20,22,24)/t13-;16-,17-,18+,19+,20+;10-,14-,15-,18-/m011/s1. The quantitative estimate of drug-likeness (QED) is 0.0325. The van der Waals surface area contributed by atoms with E-state index in [2.05, 4.69) is 64.4 Å². The van der Waals surface area contributed by atoms with Crippen molar-refractivity contribution in [1.29, 1.82) is 0 Å². The van der Waals surface area contributed by atoms with E-state index in [0.29, 0.717) is 77.3 Å². The van der Waals surface area contributed by atoms with E-state index in [9.17, 15) is 48.8 Å². The summed E-state index contributed by atoms with van der Waals surface area (Å²) in [5, 5.41) is 43.6. The third-order valence-corrected chi connectivity index (χ3v) is 17.8. The normalized spacial score (nSPS) is 26.1. The summed E-state index contributed by atoms with van der Waals surface area (Å²) >= 11 is 0. The van der Waals surface area contributed by atoms with E-state index < -0.39 is 67.8 Å². The lowest BCUT2D eigenvalue weighted by Crippen LogP contribution is -2.50. The second-order valence-corrected chi connectivity index (χ2v) is 23.9. The number of phosphoric acid groups is 1. The van der Waals surface area contributed by atoms with Gasteiger partial charge in [0.1, 0.15) is 35.9 Å². The fourth-order valence-electron chi connectivity index (χ4n) is 12.5. The van der Waals surface area contributed by atoms with E-state index in [-0.39, 0.29) is 60.3 Å². The van der Waals surface area contributed by atoms with Gasteiger partial charge in [0, 0.05) is 43.0 Å². The topological polar surface area (TPSA) is 415 Å². The van der Waals surface area contributed by atoms with Crippen molar-refractivity contribution in [3.8, 4) is 18.1 Å². The first-order valence-corrected chi connectivity index (χ1v) is 30.1. The highest BCUT2D eigenvalue weighted by atomic mass is 31.2. The molecule has 28 nitrogen and oxygen atoms in total. The highest BCUT2D eigenvalue weighted by Crippen LogP contribution is 2.64. The number of aliphatic hydroxyl groups is 1. The first kappa shape index (κ1) is 63.1. The number of esters is 1. The van der Waals surface area contributed by atoms with E-state index in [0.717, 1.165) is 44.2 Å². The van der Waals surface area contributed by atoms with Crippen LogP contribution in [0.1, 0.15) is 131 Å². The SMILES string of the molecule is C#C[C@]1(O)CC[C@H]2[C@@H]3CCc4cc(O)ccc4[C@H]3CC[C@@]21C.CCCC(=O)Nc1ncnc2c1ncn2[C@@H]1O[C@@H]2COP(=O)(O)O[C@H]2[C@H]1OC(=O)CCC.CN(Cc1cnc2nc(N)nc(N)c2n1)c1ccc(C(=O)N[C@@H](CCC(=O)O)C(=O)O)cc1. The van der Waals surface area contributed by atoms with Crippen LogP contribution in [0, 0.1) is 29.6 Å². The van der Waals surface area contributed by atoms with Crippen LogP contribution in [0.3, 0.4) is 0 Å². The van der Waals surface area contributed by atoms with Crippen LogP contribution >= 0.6 is 7.82 Å². The van der Waals surface area contributed by atoms with Crippen molar-refractivity contribution in [3.63, 3.8) is 0 Å². The first-order chi connectivity index (χ1) is 41.4. The molecule has 5 aliphatic rings. The van der Waals surface area contributed by atoms with E-state index in [1.807, 2.05) is 37.9 Å². The monoisotopic (exact) mass is 1220 g/mol. The second kappa shape index (κ2) is 26.3. The van der Waals surface area contributed by atoms with Crippen LogP contribution in [0.2, 0.25) is 0 Å². The molecule has 4 fully saturated rings. The lowest BCUT2D eigenvalue weighted by Gasteiger charge is -2.52. The van der Waals surface area contributed by atoms with Crippen molar-refractivity contribution in [3.05, 3.63) is 83.7 Å². The Kier molecular flexibility index (Phi) is 19.0. The number of hydrogen-bond acceptors (Lipinski definition) is 22. The number of ether oxygens (including phenoxy) is 2. The number of nitrogens with two attached hydrogens (primary N) is 2. The fourth-order valence-corrected chi connectivity index (χ4v) is 13.4. The molecule has 11 atom stereocenters. The largest absolute Gasteiger partial charge is 0.508 e. The number of rotatable bonds is 16. The van der Waals surface area contributed by atoms with Gasteiger partial charge in [-0.25, -0.2) is 34.3 Å². The van der Waals surface area contributed by atoms with Crippen LogP contribution in [0.5, 0.6) is 5.75 Å². The molecule has 87 heavy (non-hydrogen) atoms. The third-order valence-electron chi connectivity index (χ3n) is 16.9. The molecular formula is C58H70N13O15P. The predicted molar refractivity (Wildman–Crippen MR) is 313 cm³/mol. The zero-order valence-corrected chi connectivity index (χ0v) is 49.2. The Bertz CT molecular complexity index is 3660. The number of phenolic OH excluding ortho intramolecular Hbond substituents is 1. The number of terminal acetylenes is 1. The van der Waals surface area contributed by atoms with Gasteiger partial charge in [-0.1, -0.05) is 32.8 Å². The number of amides is 2. The summed E-state index contributed by atoms with van der Waals surface area (Å²) < 4.78 is 35.1. The van der Waals surface area contributed by atoms with Crippen LogP contribution in [-0.2, 0) is 55.2 Å². The van der Waals surface area contributed by atoms with Gasteiger partial charge in [-0.3, -0.25) is 32.8 Å². The smallest absolute Gasteiger partial charge is 0.472 e. The van der Waals surface area contributed by atoms with Gasteiger partial charge in [0.15, 0.2) is 46.3 Å². The van der Waals surface area contributed by atoms with Crippen LogP contribution < -0.4 is 27.0 Å². The average Bonchev–Trinajstić information content (AvgIpc) is 1.67. The minimum atomic E-state index is -4.30. The Balaban J connectivity index is 0.000000159. The molecule has 11 rings (SSSR count). The molecule has 11 N–H and O–H groups in total. The van der Waals surface area contributed by atoms with Crippen molar-refractivity contribution < 1.29 is 72.4 Å². The number of aliphatic carboxylic acids is 2. The molecule has 0 radical (unpaired) electrons. The number of aryl methyl sites for hydroxylation is 1. The highest BCUT2D eigenvalue weighted by molar-refractivity contribution is 7.47. The molecular weight excluding hydrogens is 1150 g/mol. The Hall–Kier alpha value is -8.45. The number of phosphoric ester groups is 1. The Morgan fingerprint density at radius 2 is 1.72 bits per heavy atom. The van der Waals surface area contributed by atoms with E-state index in [1.165, 1.54) is 40.5 Å². The van der Waals surface area contributed by atoms with Crippen LogP contribution in [0.4, 0.5) is 23.3 Å². The minimum Gasteiger partial charge on any atom is -0.508 e. The van der Waals surface area contributed by atoms with Gasteiger partial charge in [-0.15, -0.1) is 6.42 Å². The molecule has 4 aromatic heterocycles. The molecule has 0 bridgehead atoms. The summed E-state index contributed by atoms with van der Waals surface area (Å²) in [4.78, 5) is 99.4. The number of carboxylic acid groups (broad SMARTS) is 2. The number of carbonyl (C=O) groups is 5. The Morgan fingerprint density at radius 3 is 2.44 bits per heavy atom. The minimum absolute atomic E-state index is 0.0138. The van der Waals surface area contributed by atoms with Gasteiger partial charge in [-0.2, -0.15) is 9.97 Å². The van der Waals surface area contributed by atoms with E-state index in [4.69, 9.17) is 41.5 Å². The summed E-state index contributed by atoms with van der Waals surface area (Å²) in [5.74, 6) is 1.44. The number of carbonyl (C=O) groups excluding carboxylic acids is 3. The molecule has 2 aliphatic heterocycles. The van der Waals surface area contributed by atoms with Gasteiger partial charge in [0.25, 0.3) is 5.91 Å². The van der Waals surface area contributed by atoms with Crippen molar-refractivity contribution in [2.24, 2.45) is 17.3 Å². The van der Waals surface area contributed by atoms with Crippen LogP contribution in [-0.4, -0.2) is 138 Å². The van der Waals surface area contributed by atoms with Gasteiger partial charge >= 0.3 is 25.7 Å². The van der Waals surface area contributed by atoms with Gasteiger partial charge < -0.3 is 61.8 Å². The number of carboxylic acids is 2. The molecule has 29 heteroatoms. The fraction of sp³-hybridized carbons (Fsp3) is 0.483. The van der Waals surface area contributed by atoms with E-state index in [1.54, 1.807) is 18.3 Å².